The average Bonchev–Trinajstić information content (AvgIpc) is 2.51. The van der Waals surface area contributed by atoms with Crippen LogP contribution < -0.4 is 10.1 Å². The Kier molecular flexibility index (Phi) is 5.38. The molecule has 0 heterocycles. The van der Waals surface area contributed by atoms with Crippen LogP contribution in [-0.4, -0.2) is 12.5 Å². The first-order chi connectivity index (χ1) is 10.2. The van der Waals surface area contributed by atoms with E-state index in [1.165, 1.54) is 0 Å². The Morgan fingerprint density at radius 2 is 1.71 bits per heavy atom. The van der Waals surface area contributed by atoms with E-state index in [1.807, 2.05) is 68.4 Å². The van der Waals surface area contributed by atoms with E-state index >= 15 is 0 Å². The predicted molar refractivity (Wildman–Crippen MR) is 85.7 cm³/mol. The zero-order chi connectivity index (χ0) is 15.1. The summed E-state index contributed by atoms with van der Waals surface area (Å²) in [6.07, 6.45) is 0.771. The van der Waals surface area contributed by atoms with Gasteiger partial charge in [-0.1, -0.05) is 37.3 Å². The summed E-state index contributed by atoms with van der Waals surface area (Å²) in [7, 11) is 0. The number of benzene rings is 2. The van der Waals surface area contributed by atoms with E-state index in [9.17, 15) is 4.79 Å². The third-order valence-corrected chi connectivity index (χ3v) is 3.36. The molecule has 2 aromatic rings. The number of carbonyl (C=O) groups is 1. The Balaban J connectivity index is 2.05. The Hall–Kier alpha value is -2.29. The molecule has 1 amide bonds. The minimum atomic E-state index is -0.127. The maximum atomic E-state index is 12.4. The van der Waals surface area contributed by atoms with Gasteiger partial charge in [0, 0.05) is 5.69 Å². The largest absolute Gasteiger partial charge is 0.494 e. The van der Waals surface area contributed by atoms with Crippen molar-refractivity contribution < 1.29 is 9.53 Å². The lowest BCUT2D eigenvalue weighted by Gasteiger charge is -2.15. The van der Waals surface area contributed by atoms with Crippen LogP contribution in [0.1, 0.15) is 31.7 Å². The van der Waals surface area contributed by atoms with E-state index in [-0.39, 0.29) is 11.8 Å². The molecule has 2 rings (SSSR count). The van der Waals surface area contributed by atoms with E-state index in [2.05, 4.69) is 5.32 Å². The number of hydrogen-bond donors (Lipinski definition) is 1. The second kappa shape index (κ2) is 7.48. The van der Waals surface area contributed by atoms with E-state index in [0.717, 1.165) is 23.4 Å². The summed E-state index contributed by atoms with van der Waals surface area (Å²) in [5.74, 6) is 0.705. The summed E-state index contributed by atoms with van der Waals surface area (Å²) in [4.78, 5) is 12.4. The van der Waals surface area contributed by atoms with Crippen molar-refractivity contribution in [3.8, 4) is 5.75 Å². The van der Waals surface area contributed by atoms with Crippen molar-refractivity contribution in [2.45, 2.75) is 26.2 Å². The van der Waals surface area contributed by atoms with Crippen LogP contribution in [0.15, 0.2) is 54.6 Å². The molecule has 0 aliphatic carbocycles. The predicted octanol–water partition coefficient (Wildman–Crippen LogP) is 4.22. The van der Waals surface area contributed by atoms with E-state index in [1.54, 1.807) is 0 Å². The van der Waals surface area contributed by atoms with Crippen LogP contribution in [0.3, 0.4) is 0 Å². The maximum absolute atomic E-state index is 12.4. The average molecular weight is 283 g/mol. The number of anilines is 1. The van der Waals surface area contributed by atoms with Gasteiger partial charge in [-0.15, -0.1) is 0 Å². The van der Waals surface area contributed by atoms with Crippen molar-refractivity contribution >= 4 is 11.6 Å². The SMILES string of the molecule is CCOc1ccc(NC(=O)[C@H](CC)c2ccccc2)cc1. The molecule has 3 heteroatoms. The third kappa shape index (κ3) is 4.09. The van der Waals surface area contributed by atoms with Gasteiger partial charge in [-0.2, -0.15) is 0 Å². The van der Waals surface area contributed by atoms with Gasteiger partial charge in [-0.05, 0) is 43.2 Å². The molecule has 0 fully saturated rings. The number of hydrogen-bond acceptors (Lipinski definition) is 2. The van der Waals surface area contributed by atoms with E-state index in [4.69, 9.17) is 4.74 Å². The summed E-state index contributed by atoms with van der Waals surface area (Å²) in [6, 6.07) is 17.3. The fourth-order valence-corrected chi connectivity index (χ4v) is 2.29. The van der Waals surface area contributed by atoms with Gasteiger partial charge in [0.05, 0.1) is 12.5 Å². The van der Waals surface area contributed by atoms with Crippen LogP contribution in [0, 0.1) is 0 Å². The van der Waals surface area contributed by atoms with Gasteiger partial charge in [0.2, 0.25) is 5.91 Å². The lowest BCUT2D eigenvalue weighted by atomic mass is 9.95. The highest BCUT2D eigenvalue weighted by molar-refractivity contribution is 5.95. The topological polar surface area (TPSA) is 38.3 Å². The van der Waals surface area contributed by atoms with Gasteiger partial charge in [0.15, 0.2) is 0 Å². The van der Waals surface area contributed by atoms with Gasteiger partial charge in [0.25, 0.3) is 0 Å². The smallest absolute Gasteiger partial charge is 0.231 e. The van der Waals surface area contributed by atoms with Crippen molar-refractivity contribution in [1.82, 2.24) is 0 Å². The Labute approximate surface area is 126 Å². The van der Waals surface area contributed by atoms with Crippen molar-refractivity contribution in [3.63, 3.8) is 0 Å². The third-order valence-electron chi connectivity index (χ3n) is 3.36. The fraction of sp³-hybridized carbons (Fsp3) is 0.278. The maximum Gasteiger partial charge on any atom is 0.231 e. The summed E-state index contributed by atoms with van der Waals surface area (Å²) < 4.78 is 5.39. The highest BCUT2D eigenvalue weighted by Gasteiger charge is 2.18. The van der Waals surface area contributed by atoms with Crippen LogP contribution in [0.4, 0.5) is 5.69 Å². The summed E-state index contributed by atoms with van der Waals surface area (Å²) in [5.41, 5.74) is 1.83. The summed E-state index contributed by atoms with van der Waals surface area (Å²) in [5, 5.41) is 2.97. The number of carbonyl (C=O) groups excluding carboxylic acids is 1. The van der Waals surface area contributed by atoms with Crippen LogP contribution in [0.2, 0.25) is 0 Å². The Bertz CT molecular complexity index is 564. The minimum Gasteiger partial charge on any atom is -0.494 e. The number of rotatable bonds is 6. The van der Waals surface area contributed by atoms with Crippen molar-refractivity contribution in [1.29, 1.82) is 0 Å². The number of ether oxygens (including phenoxy) is 1. The van der Waals surface area contributed by atoms with Crippen molar-refractivity contribution in [3.05, 3.63) is 60.2 Å². The second-order valence-electron chi connectivity index (χ2n) is 4.82. The van der Waals surface area contributed by atoms with Gasteiger partial charge < -0.3 is 10.1 Å². The second-order valence-corrected chi connectivity index (χ2v) is 4.82. The number of amides is 1. The highest BCUT2D eigenvalue weighted by Crippen LogP contribution is 2.22. The molecule has 0 saturated carbocycles. The normalized spacial score (nSPS) is 11.7. The molecule has 21 heavy (non-hydrogen) atoms. The highest BCUT2D eigenvalue weighted by atomic mass is 16.5. The first-order valence-electron chi connectivity index (χ1n) is 7.33. The van der Waals surface area contributed by atoms with Crippen LogP contribution in [0.5, 0.6) is 5.75 Å². The zero-order valence-corrected chi connectivity index (χ0v) is 12.5. The minimum absolute atomic E-state index is 0.0212. The first-order valence-corrected chi connectivity index (χ1v) is 7.33. The summed E-state index contributed by atoms with van der Waals surface area (Å²) >= 11 is 0. The summed E-state index contributed by atoms with van der Waals surface area (Å²) in [6.45, 7) is 4.61. The standard InChI is InChI=1S/C18H21NO2/c1-3-17(14-8-6-5-7-9-14)18(20)19-15-10-12-16(13-11-15)21-4-2/h5-13,17H,3-4H2,1-2H3,(H,19,20)/t17-/m1/s1. The van der Waals surface area contributed by atoms with Gasteiger partial charge >= 0.3 is 0 Å². The van der Waals surface area contributed by atoms with Crippen LogP contribution in [0.25, 0.3) is 0 Å². The fourth-order valence-electron chi connectivity index (χ4n) is 2.29. The zero-order valence-electron chi connectivity index (χ0n) is 12.5. The molecule has 1 N–H and O–H groups in total. The molecule has 0 aromatic heterocycles. The molecule has 0 aliphatic rings. The molecule has 0 radical (unpaired) electrons. The lowest BCUT2D eigenvalue weighted by Crippen LogP contribution is -2.20. The Morgan fingerprint density at radius 1 is 1.05 bits per heavy atom. The van der Waals surface area contributed by atoms with Gasteiger partial charge in [-0.3, -0.25) is 4.79 Å². The quantitative estimate of drug-likeness (QED) is 0.862. The van der Waals surface area contributed by atoms with Crippen molar-refractivity contribution in [2.24, 2.45) is 0 Å². The Morgan fingerprint density at radius 3 is 2.29 bits per heavy atom. The molecule has 3 nitrogen and oxygen atoms in total. The van der Waals surface area contributed by atoms with Crippen LogP contribution in [-0.2, 0) is 4.79 Å². The van der Waals surface area contributed by atoms with E-state index in [0.29, 0.717) is 6.61 Å². The molecule has 0 aliphatic heterocycles. The van der Waals surface area contributed by atoms with Crippen molar-refractivity contribution in [2.75, 3.05) is 11.9 Å². The van der Waals surface area contributed by atoms with Gasteiger partial charge in [-0.25, -0.2) is 0 Å². The molecule has 0 bridgehead atoms. The van der Waals surface area contributed by atoms with Crippen LogP contribution >= 0.6 is 0 Å². The number of nitrogens with one attached hydrogen (secondary N) is 1. The molecule has 1 atom stereocenters. The molecule has 2 aromatic carbocycles. The first kappa shape index (κ1) is 15.1. The molecule has 0 unspecified atom stereocenters. The van der Waals surface area contributed by atoms with E-state index < -0.39 is 0 Å². The lowest BCUT2D eigenvalue weighted by molar-refractivity contribution is -0.117. The molecule has 110 valence electrons. The van der Waals surface area contributed by atoms with Gasteiger partial charge in [0.1, 0.15) is 5.75 Å². The molecular formula is C18H21NO2. The molecule has 0 spiro atoms. The molecule has 0 saturated heterocycles. The monoisotopic (exact) mass is 283 g/mol. The molecular weight excluding hydrogens is 262 g/mol.